The molecule has 0 aromatic rings. The predicted molar refractivity (Wildman–Crippen MR) is 65.1 cm³/mol. The first kappa shape index (κ1) is 11.9. The van der Waals surface area contributed by atoms with E-state index in [0.717, 1.165) is 24.8 Å². The number of nitrogens with one attached hydrogen (secondary N) is 2. The maximum atomic E-state index is 11.7. The van der Waals surface area contributed by atoms with Crippen LogP contribution in [0.15, 0.2) is 0 Å². The molecule has 0 aromatic heterocycles. The first-order valence-electron chi connectivity index (χ1n) is 6.67. The zero-order valence-electron chi connectivity index (χ0n) is 10.5. The van der Waals surface area contributed by atoms with E-state index in [2.05, 4.69) is 24.5 Å². The van der Waals surface area contributed by atoms with E-state index in [4.69, 9.17) is 0 Å². The van der Waals surface area contributed by atoms with Crippen LogP contribution in [0.3, 0.4) is 0 Å². The molecular formula is C13H24N2O. The second-order valence-electron chi connectivity index (χ2n) is 5.66. The number of hydrogen-bond donors (Lipinski definition) is 2. The van der Waals surface area contributed by atoms with Gasteiger partial charge in [-0.3, -0.25) is 4.79 Å². The average Bonchev–Trinajstić information content (AvgIpc) is 3.01. The smallest absolute Gasteiger partial charge is 0.234 e. The molecule has 3 unspecified atom stereocenters. The largest absolute Gasteiger partial charge is 0.352 e. The van der Waals surface area contributed by atoms with Gasteiger partial charge >= 0.3 is 0 Å². The van der Waals surface area contributed by atoms with Crippen LogP contribution in [-0.2, 0) is 4.79 Å². The summed E-state index contributed by atoms with van der Waals surface area (Å²) in [6.07, 6.45) is 5.08. The molecule has 3 atom stereocenters. The Balaban J connectivity index is 1.62. The molecule has 1 amide bonds. The summed E-state index contributed by atoms with van der Waals surface area (Å²) >= 11 is 0. The zero-order valence-corrected chi connectivity index (χ0v) is 10.5. The van der Waals surface area contributed by atoms with Crippen LogP contribution in [-0.4, -0.2) is 25.0 Å². The second-order valence-corrected chi connectivity index (χ2v) is 5.66. The SMILES string of the molecule is CC1CCC(NC(=O)CNCC2CC2)C1C. The molecule has 2 rings (SSSR count). The molecule has 2 aliphatic carbocycles. The molecule has 2 N–H and O–H groups in total. The van der Waals surface area contributed by atoms with Crippen molar-refractivity contribution in [3.63, 3.8) is 0 Å². The van der Waals surface area contributed by atoms with Crippen molar-refractivity contribution in [2.24, 2.45) is 17.8 Å². The van der Waals surface area contributed by atoms with E-state index in [1.54, 1.807) is 0 Å². The van der Waals surface area contributed by atoms with Crippen molar-refractivity contribution in [3.8, 4) is 0 Å². The first-order chi connectivity index (χ1) is 7.66. The fourth-order valence-corrected chi connectivity index (χ4v) is 2.54. The van der Waals surface area contributed by atoms with E-state index in [1.165, 1.54) is 19.3 Å². The fraction of sp³-hybridized carbons (Fsp3) is 0.923. The van der Waals surface area contributed by atoms with E-state index in [0.29, 0.717) is 18.5 Å². The summed E-state index contributed by atoms with van der Waals surface area (Å²) < 4.78 is 0. The standard InChI is InChI=1S/C13H24N2O/c1-9-3-6-12(10(9)2)15-13(16)8-14-7-11-4-5-11/h9-12,14H,3-8H2,1-2H3,(H,15,16). The molecule has 2 aliphatic rings. The molecule has 0 aromatic carbocycles. The van der Waals surface area contributed by atoms with Gasteiger partial charge in [-0.15, -0.1) is 0 Å². The normalized spacial score (nSPS) is 34.0. The first-order valence-corrected chi connectivity index (χ1v) is 6.67. The maximum Gasteiger partial charge on any atom is 0.234 e. The highest BCUT2D eigenvalue weighted by Crippen LogP contribution is 2.31. The Bertz CT molecular complexity index is 250. The summed E-state index contributed by atoms with van der Waals surface area (Å²) in [5.41, 5.74) is 0. The third-order valence-electron chi connectivity index (χ3n) is 4.23. The van der Waals surface area contributed by atoms with Crippen molar-refractivity contribution < 1.29 is 4.79 Å². The van der Waals surface area contributed by atoms with E-state index in [1.807, 2.05) is 0 Å². The Kier molecular flexibility index (Phi) is 3.85. The molecule has 92 valence electrons. The summed E-state index contributed by atoms with van der Waals surface area (Å²) in [4.78, 5) is 11.7. The summed E-state index contributed by atoms with van der Waals surface area (Å²) in [6.45, 7) is 6.04. The summed E-state index contributed by atoms with van der Waals surface area (Å²) in [7, 11) is 0. The molecule has 0 saturated heterocycles. The lowest BCUT2D eigenvalue weighted by molar-refractivity contribution is -0.121. The minimum absolute atomic E-state index is 0.173. The van der Waals surface area contributed by atoms with Gasteiger partial charge in [0.15, 0.2) is 0 Å². The van der Waals surface area contributed by atoms with Crippen LogP contribution in [0.5, 0.6) is 0 Å². The highest BCUT2D eigenvalue weighted by atomic mass is 16.1. The van der Waals surface area contributed by atoms with Crippen LogP contribution in [0.2, 0.25) is 0 Å². The van der Waals surface area contributed by atoms with Gasteiger partial charge in [-0.05, 0) is 50.0 Å². The minimum Gasteiger partial charge on any atom is -0.352 e. The quantitative estimate of drug-likeness (QED) is 0.743. The highest BCUT2D eigenvalue weighted by Gasteiger charge is 2.30. The van der Waals surface area contributed by atoms with Gasteiger partial charge in [-0.25, -0.2) is 0 Å². The van der Waals surface area contributed by atoms with Gasteiger partial charge in [0, 0.05) is 6.04 Å². The van der Waals surface area contributed by atoms with Crippen LogP contribution < -0.4 is 10.6 Å². The van der Waals surface area contributed by atoms with Crippen LogP contribution in [0.4, 0.5) is 0 Å². The molecular weight excluding hydrogens is 200 g/mol. The fourth-order valence-electron chi connectivity index (χ4n) is 2.54. The minimum atomic E-state index is 0.173. The Morgan fingerprint density at radius 1 is 1.19 bits per heavy atom. The Labute approximate surface area is 98.4 Å². The molecule has 0 aliphatic heterocycles. The molecule has 3 nitrogen and oxygen atoms in total. The van der Waals surface area contributed by atoms with E-state index in [9.17, 15) is 4.79 Å². The van der Waals surface area contributed by atoms with Gasteiger partial charge < -0.3 is 10.6 Å². The lowest BCUT2D eigenvalue weighted by Gasteiger charge is -2.19. The number of hydrogen-bond acceptors (Lipinski definition) is 2. The van der Waals surface area contributed by atoms with Crippen LogP contribution in [0.1, 0.15) is 39.5 Å². The summed E-state index contributed by atoms with van der Waals surface area (Å²) in [5.74, 6) is 2.40. The number of rotatable bonds is 5. The van der Waals surface area contributed by atoms with Gasteiger partial charge in [0.1, 0.15) is 0 Å². The van der Waals surface area contributed by atoms with Crippen molar-refractivity contribution in [2.45, 2.75) is 45.6 Å². The third kappa shape index (κ3) is 3.21. The maximum absolute atomic E-state index is 11.7. The Hall–Kier alpha value is -0.570. The molecule has 0 spiro atoms. The van der Waals surface area contributed by atoms with Crippen molar-refractivity contribution in [1.82, 2.24) is 10.6 Å². The predicted octanol–water partition coefficient (Wildman–Crippen LogP) is 1.54. The summed E-state index contributed by atoms with van der Waals surface area (Å²) in [5, 5.41) is 6.39. The third-order valence-corrected chi connectivity index (χ3v) is 4.23. The molecule has 0 bridgehead atoms. The monoisotopic (exact) mass is 224 g/mol. The number of amides is 1. The van der Waals surface area contributed by atoms with Crippen LogP contribution in [0, 0.1) is 17.8 Å². The van der Waals surface area contributed by atoms with Crippen molar-refractivity contribution >= 4 is 5.91 Å². The number of carbonyl (C=O) groups is 1. The molecule has 3 heteroatoms. The van der Waals surface area contributed by atoms with E-state index >= 15 is 0 Å². The highest BCUT2D eigenvalue weighted by molar-refractivity contribution is 5.78. The molecule has 0 radical (unpaired) electrons. The van der Waals surface area contributed by atoms with E-state index < -0.39 is 0 Å². The number of carbonyl (C=O) groups excluding carboxylic acids is 1. The molecule has 2 fully saturated rings. The van der Waals surface area contributed by atoms with Gasteiger partial charge in [0.25, 0.3) is 0 Å². The van der Waals surface area contributed by atoms with Crippen molar-refractivity contribution in [3.05, 3.63) is 0 Å². The van der Waals surface area contributed by atoms with Crippen LogP contribution in [0.25, 0.3) is 0 Å². The Morgan fingerprint density at radius 3 is 2.50 bits per heavy atom. The van der Waals surface area contributed by atoms with Gasteiger partial charge in [0.05, 0.1) is 6.54 Å². The second kappa shape index (κ2) is 5.17. The van der Waals surface area contributed by atoms with Crippen LogP contribution >= 0.6 is 0 Å². The summed E-state index contributed by atoms with van der Waals surface area (Å²) in [6, 6.07) is 0.408. The van der Waals surface area contributed by atoms with Gasteiger partial charge in [-0.1, -0.05) is 13.8 Å². The molecule has 2 saturated carbocycles. The van der Waals surface area contributed by atoms with E-state index in [-0.39, 0.29) is 5.91 Å². The Morgan fingerprint density at radius 2 is 1.94 bits per heavy atom. The molecule has 16 heavy (non-hydrogen) atoms. The average molecular weight is 224 g/mol. The van der Waals surface area contributed by atoms with Gasteiger partial charge in [0.2, 0.25) is 5.91 Å². The van der Waals surface area contributed by atoms with Crippen molar-refractivity contribution in [1.29, 1.82) is 0 Å². The van der Waals surface area contributed by atoms with Crippen molar-refractivity contribution in [2.75, 3.05) is 13.1 Å². The zero-order chi connectivity index (χ0) is 11.5. The molecule has 0 heterocycles. The topological polar surface area (TPSA) is 41.1 Å². The lowest BCUT2D eigenvalue weighted by Crippen LogP contribution is -2.42. The van der Waals surface area contributed by atoms with Gasteiger partial charge in [-0.2, -0.15) is 0 Å². The lowest BCUT2D eigenvalue weighted by atomic mass is 9.98.